The van der Waals surface area contributed by atoms with E-state index in [1.165, 1.54) is 25.4 Å². The standard InChI is InChI=1S/C25H18N2O4S/c1-31-19-11-12-23-18(13-19)14-24(27(23)32(29,30)20-8-3-2-4-9-20)25(28)22-16-26-15-17-7-5-6-10-21(17)22/h2-16H,1H3. The SMILES string of the molecule is COc1ccc2c(c1)cc(C(=O)c1cncc3ccccc13)n2S(=O)(=O)c1ccccc1. The number of nitrogens with zero attached hydrogens (tertiary/aromatic N) is 2. The van der Waals surface area contributed by atoms with E-state index in [1.807, 2.05) is 24.3 Å². The maximum atomic E-state index is 13.7. The van der Waals surface area contributed by atoms with E-state index in [2.05, 4.69) is 4.98 Å². The summed E-state index contributed by atoms with van der Waals surface area (Å²) in [5, 5.41) is 2.09. The third-order valence-electron chi connectivity index (χ3n) is 5.39. The van der Waals surface area contributed by atoms with Crippen LogP contribution in [-0.4, -0.2) is 30.3 Å². The summed E-state index contributed by atoms with van der Waals surface area (Å²) in [6, 6.07) is 22.1. The Hall–Kier alpha value is -3.97. The largest absolute Gasteiger partial charge is 0.497 e. The number of ketones is 1. The number of carbonyl (C=O) groups is 1. The number of aromatic nitrogens is 2. The average molecular weight is 442 g/mol. The Labute approximate surface area is 184 Å². The predicted octanol–water partition coefficient (Wildman–Crippen LogP) is 4.67. The molecule has 0 radical (unpaired) electrons. The zero-order chi connectivity index (χ0) is 22.3. The lowest BCUT2D eigenvalue weighted by Gasteiger charge is -2.12. The molecule has 5 rings (SSSR count). The second-order valence-corrected chi connectivity index (χ2v) is 9.06. The highest BCUT2D eigenvalue weighted by Crippen LogP contribution is 2.31. The fourth-order valence-corrected chi connectivity index (χ4v) is 5.38. The molecule has 0 aliphatic heterocycles. The maximum absolute atomic E-state index is 13.7. The predicted molar refractivity (Wildman–Crippen MR) is 123 cm³/mol. The van der Waals surface area contributed by atoms with Crippen molar-refractivity contribution in [1.82, 2.24) is 8.96 Å². The van der Waals surface area contributed by atoms with Crippen LogP contribution in [0.5, 0.6) is 5.75 Å². The molecule has 5 aromatic rings. The normalized spacial score (nSPS) is 11.7. The molecule has 0 bridgehead atoms. The van der Waals surface area contributed by atoms with Crippen LogP contribution < -0.4 is 4.74 Å². The first-order valence-corrected chi connectivity index (χ1v) is 11.3. The maximum Gasteiger partial charge on any atom is 0.268 e. The molecule has 0 spiro atoms. The van der Waals surface area contributed by atoms with Gasteiger partial charge < -0.3 is 4.74 Å². The molecule has 2 heterocycles. The number of pyridine rings is 1. The van der Waals surface area contributed by atoms with Crippen molar-refractivity contribution in [3.63, 3.8) is 0 Å². The van der Waals surface area contributed by atoms with Crippen molar-refractivity contribution in [1.29, 1.82) is 0 Å². The summed E-state index contributed by atoms with van der Waals surface area (Å²) < 4.78 is 33.7. The quantitative estimate of drug-likeness (QED) is 0.370. The highest BCUT2D eigenvalue weighted by Gasteiger charge is 2.28. The molecule has 0 aliphatic rings. The Kier molecular flexibility index (Phi) is 4.75. The van der Waals surface area contributed by atoms with E-state index in [1.54, 1.807) is 48.7 Å². The van der Waals surface area contributed by atoms with Crippen LogP contribution in [0.2, 0.25) is 0 Å². The van der Waals surface area contributed by atoms with Gasteiger partial charge in [0.1, 0.15) is 11.4 Å². The number of ether oxygens (including phenoxy) is 1. The Morgan fingerprint density at radius 2 is 1.62 bits per heavy atom. The van der Waals surface area contributed by atoms with Gasteiger partial charge in [0.15, 0.2) is 0 Å². The molecule has 0 saturated heterocycles. The molecule has 0 fully saturated rings. The lowest BCUT2D eigenvalue weighted by Crippen LogP contribution is -2.19. The van der Waals surface area contributed by atoms with Crippen LogP contribution in [0.25, 0.3) is 21.7 Å². The first kappa shape index (κ1) is 20.0. The molecule has 3 aromatic carbocycles. The van der Waals surface area contributed by atoms with Gasteiger partial charge in [0, 0.05) is 23.2 Å². The van der Waals surface area contributed by atoms with E-state index in [0.29, 0.717) is 27.6 Å². The summed E-state index contributed by atoms with van der Waals surface area (Å²) >= 11 is 0. The van der Waals surface area contributed by atoms with Gasteiger partial charge in [-0.3, -0.25) is 9.78 Å². The van der Waals surface area contributed by atoms with Crippen molar-refractivity contribution in [3.05, 3.63) is 103 Å². The molecule has 0 amide bonds. The fraction of sp³-hybridized carbons (Fsp3) is 0.0400. The van der Waals surface area contributed by atoms with Gasteiger partial charge in [0.2, 0.25) is 5.78 Å². The molecular weight excluding hydrogens is 424 g/mol. The first-order valence-electron chi connectivity index (χ1n) is 9.88. The van der Waals surface area contributed by atoms with Gasteiger partial charge in [-0.25, -0.2) is 12.4 Å². The lowest BCUT2D eigenvalue weighted by molar-refractivity contribution is 0.103. The van der Waals surface area contributed by atoms with Crippen LogP contribution in [0.3, 0.4) is 0 Å². The fourth-order valence-electron chi connectivity index (χ4n) is 3.85. The van der Waals surface area contributed by atoms with Gasteiger partial charge in [-0.2, -0.15) is 0 Å². The minimum Gasteiger partial charge on any atom is -0.497 e. The van der Waals surface area contributed by atoms with Crippen LogP contribution in [0.1, 0.15) is 16.1 Å². The molecule has 6 nitrogen and oxygen atoms in total. The third-order valence-corrected chi connectivity index (χ3v) is 7.13. The summed E-state index contributed by atoms with van der Waals surface area (Å²) in [5.74, 6) is 0.140. The van der Waals surface area contributed by atoms with Crippen LogP contribution in [0.4, 0.5) is 0 Å². The second-order valence-electron chi connectivity index (χ2n) is 7.27. The number of hydrogen-bond donors (Lipinski definition) is 0. The van der Waals surface area contributed by atoms with Crippen molar-refractivity contribution in [2.75, 3.05) is 7.11 Å². The molecule has 158 valence electrons. The molecule has 0 unspecified atom stereocenters. The topological polar surface area (TPSA) is 78.3 Å². The van der Waals surface area contributed by atoms with E-state index < -0.39 is 15.8 Å². The molecule has 2 aromatic heterocycles. The van der Waals surface area contributed by atoms with Gasteiger partial charge in [0.25, 0.3) is 10.0 Å². The zero-order valence-corrected chi connectivity index (χ0v) is 17.9. The van der Waals surface area contributed by atoms with Crippen molar-refractivity contribution in [2.45, 2.75) is 4.90 Å². The van der Waals surface area contributed by atoms with Gasteiger partial charge >= 0.3 is 0 Å². The zero-order valence-electron chi connectivity index (χ0n) is 17.1. The van der Waals surface area contributed by atoms with Crippen LogP contribution >= 0.6 is 0 Å². The third kappa shape index (κ3) is 3.14. The second kappa shape index (κ2) is 7.62. The Balaban J connectivity index is 1.81. The summed E-state index contributed by atoms with van der Waals surface area (Å²) in [6.45, 7) is 0. The number of hydrogen-bond acceptors (Lipinski definition) is 5. The van der Waals surface area contributed by atoms with Crippen molar-refractivity contribution in [2.24, 2.45) is 0 Å². The molecule has 0 aliphatic carbocycles. The molecule has 0 N–H and O–H groups in total. The van der Waals surface area contributed by atoms with Crippen LogP contribution in [-0.2, 0) is 10.0 Å². The number of fused-ring (bicyclic) bond motifs is 2. The average Bonchev–Trinajstić information content (AvgIpc) is 3.23. The highest BCUT2D eigenvalue weighted by atomic mass is 32.2. The van der Waals surface area contributed by atoms with E-state index in [0.717, 1.165) is 9.36 Å². The molecule has 0 atom stereocenters. The van der Waals surface area contributed by atoms with Crippen molar-refractivity contribution >= 4 is 37.5 Å². The van der Waals surface area contributed by atoms with E-state index in [9.17, 15) is 13.2 Å². The molecule has 32 heavy (non-hydrogen) atoms. The summed E-state index contributed by atoms with van der Waals surface area (Å²) in [5.41, 5.74) is 0.767. The minimum absolute atomic E-state index is 0.0373. The summed E-state index contributed by atoms with van der Waals surface area (Å²) in [7, 11) is -2.51. The lowest BCUT2D eigenvalue weighted by atomic mass is 10.0. The number of methoxy groups -OCH3 is 1. The van der Waals surface area contributed by atoms with Crippen LogP contribution in [0, 0.1) is 0 Å². The van der Waals surface area contributed by atoms with Gasteiger partial charge in [0.05, 0.1) is 23.1 Å². The van der Waals surface area contributed by atoms with E-state index in [4.69, 9.17) is 4.74 Å². The highest BCUT2D eigenvalue weighted by molar-refractivity contribution is 7.90. The Morgan fingerprint density at radius 1 is 0.875 bits per heavy atom. The van der Waals surface area contributed by atoms with Gasteiger partial charge in [-0.1, -0.05) is 42.5 Å². The number of carbonyl (C=O) groups excluding carboxylic acids is 1. The smallest absolute Gasteiger partial charge is 0.268 e. The first-order chi connectivity index (χ1) is 15.5. The van der Waals surface area contributed by atoms with Crippen LogP contribution in [0.15, 0.2) is 96.2 Å². The Bertz CT molecular complexity index is 1580. The van der Waals surface area contributed by atoms with Crippen molar-refractivity contribution in [3.8, 4) is 5.75 Å². The minimum atomic E-state index is -4.04. The van der Waals surface area contributed by atoms with E-state index in [-0.39, 0.29) is 10.6 Å². The van der Waals surface area contributed by atoms with Gasteiger partial charge in [-0.15, -0.1) is 0 Å². The number of benzene rings is 3. The van der Waals surface area contributed by atoms with Gasteiger partial charge in [-0.05, 0) is 41.8 Å². The summed E-state index contributed by atoms with van der Waals surface area (Å²) in [6.07, 6.45) is 3.15. The molecule has 0 saturated carbocycles. The van der Waals surface area contributed by atoms with Crippen molar-refractivity contribution < 1.29 is 17.9 Å². The monoisotopic (exact) mass is 442 g/mol. The molecule has 7 heteroatoms. The summed E-state index contributed by atoms with van der Waals surface area (Å²) in [4.78, 5) is 18.0. The Morgan fingerprint density at radius 3 is 2.41 bits per heavy atom. The number of rotatable bonds is 5. The molecular formula is C25H18N2O4S. The van der Waals surface area contributed by atoms with E-state index >= 15 is 0 Å².